The Kier molecular flexibility index (Phi) is 3.88. The van der Waals surface area contributed by atoms with Crippen LogP contribution in [0.1, 0.15) is 0 Å². The zero-order valence-corrected chi connectivity index (χ0v) is 8.15. The van der Waals surface area contributed by atoms with Gasteiger partial charge in [0.2, 0.25) is 0 Å². The fourth-order valence-electron chi connectivity index (χ4n) is 0.933. The maximum absolute atomic E-state index is 13.2. The Hall–Kier alpha value is -2.29. The molecule has 0 heterocycles. The molecule has 0 aromatic heterocycles. The molecule has 0 spiro atoms. The van der Waals surface area contributed by atoms with Gasteiger partial charge < -0.3 is 5.11 Å². The first-order valence-corrected chi connectivity index (χ1v) is 4.15. The fraction of sp³-hybridized carbons (Fsp3) is 0.125. The minimum absolute atomic E-state index is 0.482. The fourth-order valence-corrected chi connectivity index (χ4v) is 0.933. The third-order valence-electron chi connectivity index (χ3n) is 1.61. The van der Waals surface area contributed by atoms with Crippen LogP contribution in [0.15, 0.2) is 12.1 Å². The van der Waals surface area contributed by atoms with E-state index in [9.17, 15) is 23.7 Å². The van der Waals surface area contributed by atoms with Gasteiger partial charge in [-0.15, -0.1) is 0 Å². The molecule has 0 aliphatic heterocycles. The van der Waals surface area contributed by atoms with Gasteiger partial charge in [-0.3, -0.25) is 20.4 Å². The highest BCUT2D eigenvalue weighted by Crippen LogP contribution is 2.24. The summed E-state index contributed by atoms with van der Waals surface area (Å²) in [6.07, 6.45) is 0. The first kappa shape index (κ1) is 12.8. The number of anilines is 1. The van der Waals surface area contributed by atoms with Gasteiger partial charge in [0.15, 0.2) is 18.2 Å². The van der Waals surface area contributed by atoms with Crippen molar-refractivity contribution in [2.75, 3.05) is 12.1 Å². The van der Waals surface area contributed by atoms with E-state index in [-0.39, 0.29) is 0 Å². The van der Waals surface area contributed by atoms with Crippen LogP contribution in [-0.4, -0.2) is 22.6 Å². The molecular formula is C8H6F2N2O5. The lowest BCUT2D eigenvalue weighted by Gasteiger charge is -2.07. The number of nitro benzene ring substituents is 1. The molecule has 0 bridgehead atoms. The Bertz CT molecular complexity index is 442. The van der Waals surface area contributed by atoms with E-state index in [2.05, 4.69) is 4.84 Å². The maximum Gasteiger partial charge on any atom is 0.332 e. The van der Waals surface area contributed by atoms with Crippen LogP contribution >= 0.6 is 0 Å². The van der Waals surface area contributed by atoms with E-state index in [0.717, 1.165) is 0 Å². The number of hydrogen-bond donors (Lipinski definition) is 2. The Morgan fingerprint density at radius 2 is 2.00 bits per heavy atom. The number of non-ortho nitro benzene ring substituents is 1. The molecule has 0 aliphatic rings. The zero-order valence-electron chi connectivity index (χ0n) is 8.15. The lowest BCUT2D eigenvalue weighted by molar-refractivity contribution is -0.385. The van der Waals surface area contributed by atoms with Crippen LogP contribution in [0.4, 0.5) is 20.2 Å². The van der Waals surface area contributed by atoms with Crippen molar-refractivity contribution >= 4 is 17.3 Å². The number of rotatable bonds is 5. The first-order valence-electron chi connectivity index (χ1n) is 4.15. The highest BCUT2D eigenvalue weighted by atomic mass is 19.1. The summed E-state index contributed by atoms with van der Waals surface area (Å²) in [6.45, 7) is -0.824. The van der Waals surface area contributed by atoms with Gasteiger partial charge in [0, 0.05) is 0 Å². The summed E-state index contributed by atoms with van der Waals surface area (Å²) in [5.41, 5.74) is 0.170. The standard InChI is InChI=1S/C8H6F2N2O5/c9-5-1-4(12(15)16)2-6(10)8(5)11-17-3-7(13)14/h1-2,11H,3H2,(H,13,14). The molecule has 2 N–H and O–H groups in total. The molecule has 17 heavy (non-hydrogen) atoms. The van der Waals surface area contributed by atoms with Gasteiger partial charge in [0.05, 0.1) is 17.1 Å². The predicted octanol–water partition coefficient (Wildman–Crippen LogP) is 1.30. The van der Waals surface area contributed by atoms with Crippen molar-refractivity contribution in [2.45, 2.75) is 0 Å². The molecule has 1 rings (SSSR count). The average molecular weight is 248 g/mol. The number of carbonyl (C=O) groups is 1. The monoisotopic (exact) mass is 248 g/mol. The molecule has 0 fully saturated rings. The van der Waals surface area contributed by atoms with Crippen LogP contribution in [0.2, 0.25) is 0 Å². The Morgan fingerprint density at radius 1 is 1.47 bits per heavy atom. The lowest BCUT2D eigenvalue weighted by atomic mass is 10.2. The van der Waals surface area contributed by atoms with Gasteiger partial charge in [-0.2, -0.15) is 0 Å². The molecule has 7 nitrogen and oxygen atoms in total. The summed E-state index contributed by atoms with van der Waals surface area (Å²) >= 11 is 0. The summed E-state index contributed by atoms with van der Waals surface area (Å²) in [5.74, 6) is -3.87. The number of nitrogens with zero attached hydrogens (tertiary/aromatic N) is 1. The van der Waals surface area contributed by atoms with Gasteiger partial charge in [-0.25, -0.2) is 13.6 Å². The molecule has 0 atom stereocenters. The van der Waals surface area contributed by atoms with E-state index in [0.29, 0.717) is 12.1 Å². The highest BCUT2D eigenvalue weighted by molar-refractivity contribution is 5.68. The first-order chi connectivity index (χ1) is 7.91. The van der Waals surface area contributed by atoms with Crippen molar-refractivity contribution in [3.8, 4) is 0 Å². The number of carboxylic acids is 1. The molecule has 0 radical (unpaired) electrons. The number of nitro groups is 1. The zero-order chi connectivity index (χ0) is 13.0. The van der Waals surface area contributed by atoms with E-state index in [1.54, 1.807) is 5.48 Å². The van der Waals surface area contributed by atoms with Crippen LogP contribution in [0.25, 0.3) is 0 Å². The number of benzene rings is 1. The van der Waals surface area contributed by atoms with Crippen molar-refractivity contribution in [1.29, 1.82) is 0 Å². The Morgan fingerprint density at radius 3 is 2.41 bits per heavy atom. The van der Waals surface area contributed by atoms with Gasteiger partial charge in [0.1, 0.15) is 5.69 Å². The molecule has 0 unspecified atom stereocenters. The Labute approximate surface area is 92.7 Å². The van der Waals surface area contributed by atoms with E-state index in [1.807, 2.05) is 0 Å². The molecule has 0 saturated heterocycles. The smallest absolute Gasteiger partial charge is 0.332 e. The molecule has 0 amide bonds. The van der Waals surface area contributed by atoms with Crippen molar-refractivity contribution in [2.24, 2.45) is 0 Å². The van der Waals surface area contributed by atoms with Crippen LogP contribution in [-0.2, 0) is 9.63 Å². The molecule has 0 aliphatic carbocycles. The van der Waals surface area contributed by atoms with Crippen LogP contribution in [0.3, 0.4) is 0 Å². The van der Waals surface area contributed by atoms with E-state index < -0.39 is 40.5 Å². The normalized spacial score (nSPS) is 10.0. The van der Waals surface area contributed by atoms with Crippen molar-refractivity contribution in [1.82, 2.24) is 0 Å². The Balaban J connectivity index is 2.86. The minimum Gasteiger partial charge on any atom is -0.479 e. The molecular weight excluding hydrogens is 242 g/mol. The average Bonchev–Trinajstić information content (AvgIpc) is 2.21. The minimum atomic E-state index is -1.35. The maximum atomic E-state index is 13.2. The number of aliphatic carboxylic acids is 1. The van der Waals surface area contributed by atoms with Crippen LogP contribution in [0.5, 0.6) is 0 Å². The van der Waals surface area contributed by atoms with Gasteiger partial charge in [-0.1, -0.05) is 0 Å². The molecule has 92 valence electrons. The molecule has 9 heteroatoms. The third kappa shape index (κ3) is 3.34. The van der Waals surface area contributed by atoms with Gasteiger partial charge in [0.25, 0.3) is 5.69 Å². The largest absolute Gasteiger partial charge is 0.479 e. The second-order valence-corrected chi connectivity index (χ2v) is 2.83. The number of hydrogen-bond acceptors (Lipinski definition) is 5. The van der Waals surface area contributed by atoms with Crippen molar-refractivity contribution in [3.05, 3.63) is 33.9 Å². The van der Waals surface area contributed by atoms with E-state index >= 15 is 0 Å². The SMILES string of the molecule is O=C(O)CONc1c(F)cc([N+](=O)[O-])cc1F. The van der Waals surface area contributed by atoms with Gasteiger partial charge >= 0.3 is 5.97 Å². The summed E-state index contributed by atoms with van der Waals surface area (Å²) < 4.78 is 26.3. The second-order valence-electron chi connectivity index (χ2n) is 2.83. The number of nitrogens with one attached hydrogen (secondary N) is 1. The summed E-state index contributed by atoms with van der Waals surface area (Å²) in [5, 5.41) is 18.5. The van der Waals surface area contributed by atoms with E-state index in [4.69, 9.17) is 5.11 Å². The second kappa shape index (κ2) is 5.16. The van der Waals surface area contributed by atoms with E-state index in [1.165, 1.54) is 0 Å². The van der Waals surface area contributed by atoms with Crippen LogP contribution in [0, 0.1) is 21.7 Å². The van der Waals surface area contributed by atoms with Crippen molar-refractivity contribution in [3.63, 3.8) is 0 Å². The molecule has 0 saturated carbocycles. The number of carboxylic acid groups (broad SMARTS) is 1. The lowest BCUT2D eigenvalue weighted by Crippen LogP contribution is -2.13. The molecule has 1 aromatic carbocycles. The summed E-state index contributed by atoms with van der Waals surface area (Å²) in [6, 6.07) is 0.963. The molecule has 1 aromatic rings. The van der Waals surface area contributed by atoms with Crippen LogP contribution < -0.4 is 5.48 Å². The highest BCUT2D eigenvalue weighted by Gasteiger charge is 2.17. The summed E-state index contributed by atoms with van der Waals surface area (Å²) in [7, 11) is 0. The third-order valence-corrected chi connectivity index (χ3v) is 1.61. The van der Waals surface area contributed by atoms with Gasteiger partial charge in [-0.05, 0) is 0 Å². The predicted molar refractivity (Wildman–Crippen MR) is 50.2 cm³/mol. The summed E-state index contributed by atoms with van der Waals surface area (Å²) in [4.78, 5) is 23.6. The number of halogens is 2. The van der Waals surface area contributed by atoms with Crippen molar-refractivity contribution < 1.29 is 28.4 Å². The topological polar surface area (TPSA) is 102 Å². The quantitative estimate of drug-likeness (QED) is 0.601.